The van der Waals surface area contributed by atoms with Crippen LogP contribution in [0.3, 0.4) is 0 Å². The van der Waals surface area contributed by atoms with Gasteiger partial charge in [0.2, 0.25) is 0 Å². The summed E-state index contributed by atoms with van der Waals surface area (Å²) in [6.45, 7) is 10.2. The third-order valence-corrected chi connectivity index (χ3v) is 3.36. The number of rotatable bonds is 9. The molecule has 0 saturated heterocycles. The minimum atomic E-state index is 0.196. The van der Waals surface area contributed by atoms with E-state index in [1.807, 2.05) is 12.1 Å². The standard InChI is InChI=1S/C15H27N3O/c1-4-13(16)11-14-7-8-15(12-17-14)19-10-9-18(5-2)6-3/h7-8,12-13H,4-6,9-11,16H2,1-3H3. The lowest BCUT2D eigenvalue weighted by molar-refractivity contribution is 0.222. The first-order valence-electron chi connectivity index (χ1n) is 7.25. The molecule has 0 radical (unpaired) electrons. The fraction of sp³-hybridized carbons (Fsp3) is 0.667. The van der Waals surface area contributed by atoms with Gasteiger partial charge in [0, 0.05) is 24.7 Å². The van der Waals surface area contributed by atoms with Crippen LogP contribution in [0.2, 0.25) is 0 Å². The number of nitrogens with zero attached hydrogens (tertiary/aromatic N) is 2. The van der Waals surface area contributed by atoms with Crippen LogP contribution >= 0.6 is 0 Å². The summed E-state index contributed by atoms with van der Waals surface area (Å²) < 4.78 is 5.69. The van der Waals surface area contributed by atoms with Gasteiger partial charge in [-0.2, -0.15) is 0 Å². The average Bonchev–Trinajstić information content (AvgIpc) is 2.45. The van der Waals surface area contributed by atoms with E-state index < -0.39 is 0 Å². The van der Waals surface area contributed by atoms with Crippen LogP contribution < -0.4 is 10.5 Å². The van der Waals surface area contributed by atoms with Gasteiger partial charge in [0.15, 0.2) is 0 Å². The molecule has 1 rings (SSSR count). The summed E-state index contributed by atoms with van der Waals surface area (Å²) in [6, 6.07) is 4.18. The highest BCUT2D eigenvalue weighted by Crippen LogP contribution is 2.10. The molecule has 0 fully saturated rings. The van der Waals surface area contributed by atoms with Crippen molar-refractivity contribution in [3.8, 4) is 5.75 Å². The SMILES string of the molecule is CCC(N)Cc1ccc(OCCN(CC)CC)cn1. The molecule has 1 aromatic rings. The van der Waals surface area contributed by atoms with Crippen LogP contribution in [-0.2, 0) is 6.42 Å². The molecule has 1 aromatic heterocycles. The molecule has 0 aliphatic carbocycles. The molecule has 0 bridgehead atoms. The summed E-state index contributed by atoms with van der Waals surface area (Å²) in [7, 11) is 0. The Hall–Kier alpha value is -1.13. The molecular formula is C15H27N3O. The van der Waals surface area contributed by atoms with E-state index in [4.69, 9.17) is 10.5 Å². The Morgan fingerprint density at radius 3 is 2.53 bits per heavy atom. The Kier molecular flexibility index (Phi) is 7.45. The third kappa shape index (κ3) is 6.03. The molecule has 4 nitrogen and oxygen atoms in total. The van der Waals surface area contributed by atoms with Crippen molar-refractivity contribution in [2.24, 2.45) is 5.73 Å². The summed E-state index contributed by atoms with van der Waals surface area (Å²) in [4.78, 5) is 6.72. The van der Waals surface area contributed by atoms with Gasteiger partial charge in [-0.15, -0.1) is 0 Å². The Morgan fingerprint density at radius 2 is 2.00 bits per heavy atom. The first-order chi connectivity index (χ1) is 9.19. The van der Waals surface area contributed by atoms with Crippen molar-refractivity contribution < 1.29 is 4.74 Å². The van der Waals surface area contributed by atoms with Gasteiger partial charge in [0.25, 0.3) is 0 Å². The van der Waals surface area contributed by atoms with Crippen molar-refractivity contribution in [3.63, 3.8) is 0 Å². The average molecular weight is 265 g/mol. The second-order valence-corrected chi connectivity index (χ2v) is 4.73. The summed E-state index contributed by atoms with van der Waals surface area (Å²) >= 11 is 0. The third-order valence-electron chi connectivity index (χ3n) is 3.36. The Bertz CT molecular complexity index is 336. The van der Waals surface area contributed by atoms with E-state index in [0.29, 0.717) is 6.61 Å². The topological polar surface area (TPSA) is 51.4 Å². The number of hydrogen-bond donors (Lipinski definition) is 1. The molecule has 0 amide bonds. The summed E-state index contributed by atoms with van der Waals surface area (Å²) in [5.74, 6) is 0.834. The monoisotopic (exact) mass is 265 g/mol. The lowest BCUT2D eigenvalue weighted by atomic mass is 10.1. The molecule has 0 aromatic carbocycles. The minimum Gasteiger partial charge on any atom is -0.491 e. The Balaban J connectivity index is 2.35. The second kappa shape index (κ2) is 8.88. The molecule has 4 heteroatoms. The molecule has 1 atom stereocenters. The first-order valence-corrected chi connectivity index (χ1v) is 7.25. The molecule has 1 unspecified atom stereocenters. The van der Waals surface area contributed by atoms with Crippen molar-refractivity contribution in [1.82, 2.24) is 9.88 Å². The highest BCUT2D eigenvalue weighted by Gasteiger charge is 2.03. The van der Waals surface area contributed by atoms with Gasteiger partial charge >= 0.3 is 0 Å². The van der Waals surface area contributed by atoms with Crippen LogP contribution in [0.5, 0.6) is 5.75 Å². The van der Waals surface area contributed by atoms with Crippen LogP contribution in [0.1, 0.15) is 32.9 Å². The van der Waals surface area contributed by atoms with Crippen LogP contribution in [0.4, 0.5) is 0 Å². The zero-order valence-corrected chi connectivity index (χ0v) is 12.4. The van der Waals surface area contributed by atoms with Crippen molar-refractivity contribution in [2.45, 2.75) is 39.7 Å². The molecule has 108 valence electrons. The first kappa shape index (κ1) is 15.9. The van der Waals surface area contributed by atoms with Crippen molar-refractivity contribution in [2.75, 3.05) is 26.2 Å². The number of hydrogen-bond acceptors (Lipinski definition) is 4. The maximum absolute atomic E-state index is 5.91. The molecule has 0 aliphatic rings. The molecule has 1 heterocycles. The van der Waals surface area contributed by atoms with E-state index >= 15 is 0 Å². The van der Waals surface area contributed by atoms with E-state index in [1.165, 1.54) is 0 Å². The molecule has 0 spiro atoms. The lowest BCUT2D eigenvalue weighted by Gasteiger charge is -2.18. The molecule has 0 saturated carbocycles. The van der Waals surface area contributed by atoms with Gasteiger partial charge in [-0.1, -0.05) is 20.8 Å². The Morgan fingerprint density at radius 1 is 1.26 bits per heavy atom. The molecule has 0 aliphatic heterocycles. The van der Waals surface area contributed by atoms with Crippen LogP contribution in [-0.4, -0.2) is 42.2 Å². The zero-order chi connectivity index (χ0) is 14.1. The van der Waals surface area contributed by atoms with Gasteiger partial charge in [0.1, 0.15) is 12.4 Å². The van der Waals surface area contributed by atoms with E-state index in [-0.39, 0.29) is 6.04 Å². The van der Waals surface area contributed by atoms with Crippen molar-refractivity contribution >= 4 is 0 Å². The van der Waals surface area contributed by atoms with Crippen molar-refractivity contribution in [3.05, 3.63) is 24.0 Å². The fourth-order valence-electron chi connectivity index (χ4n) is 1.86. The van der Waals surface area contributed by atoms with E-state index in [0.717, 1.165) is 43.9 Å². The molecule has 2 N–H and O–H groups in total. The van der Waals surface area contributed by atoms with Gasteiger partial charge < -0.3 is 15.4 Å². The highest BCUT2D eigenvalue weighted by atomic mass is 16.5. The lowest BCUT2D eigenvalue weighted by Crippen LogP contribution is -2.27. The summed E-state index contributed by atoms with van der Waals surface area (Å²) in [5.41, 5.74) is 6.94. The van der Waals surface area contributed by atoms with Gasteiger partial charge in [0.05, 0.1) is 6.20 Å². The summed E-state index contributed by atoms with van der Waals surface area (Å²) in [6.07, 6.45) is 3.60. The minimum absolute atomic E-state index is 0.196. The number of ether oxygens (including phenoxy) is 1. The van der Waals surface area contributed by atoms with E-state index in [2.05, 4.69) is 30.7 Å². The van der Waals surface area contributed by atoms with Crippen molar-refractivity contribution in [1.29, 1.82) is 0 Å². The predicted molar refractivity (Wildman–Crippen MR) is 79.5 cm³/mol. The zero-order valence-electron chi connectivity index (χ0n) is 12.4. The van der Waals surface area contributed by atoms with Crippen LogP contribution in [0, 0.1) is 0 Å². The van der Waals surface area contributed by atoms with Crippen LogP contribution in [0.15, 0.2) is 18.3 Å². The van der Waals surface area contributed by atoms with Gasteiger partial charge in [-0.05, 0) is 31.6 Å². The van der Waals surface area contributed by atoms with Gasteiger partial charge in [-0.3, -0.25) is 4.98 Å². The van der Waals surface area contributed by atoms with Crippen LogP contribution in [0.25, 0.3) is 0 Å². The normalized spacial score (nSPS) is 12.7. The largest absolute Gasteiger partial charge is 0.491 e. The number of aromatic nitrogens is 1. The maximum atomic E-state index is 5.91. The second-order valence-electron chi connectivity index (χ2n) is 4.73. The smallest absolute Gasteiger partial charge is 0.137 e. The number of likely N-dealkylation sites (N-methyl/N-ethyl adjacent to an activating group) is 1. The molecule has 19 heavy (non-hydrogen) atoms. The maximum Gasteiger partial charge on any atom is 0.137 e. The molecular weight excluding hydrogens is 238 g/mol. The predicted octanol–water partition coefficient (Wildman–Crippen LogP) is 2.08. The van der Waals surface area contributed by atoms with E-state index in [1.54, 1.807) is 6.20 Å². The fourth-order valence-corrected chi connectivity index (χ4v) is 1.86. The highest BCUT2D eigenvalue weighted by molar-refractivity contribution is 5.20. The van der Waals surface area contributed by atoms with E-state index in [9.17, 15) is 0 Å². The Labute approximate surface area is 117 Å². The number of nitrogens with two attached hydrogens (primary N) is 1. The quantitative estimate of drug-likeness (QED) is 0.743. The van der Waals surface area contributed by atoms with Gasteiger partial charge in [-0.25, -0.2) is 0 Å². The summed E-state index contributed by atoms with van der Waals surface area (Å²) in [5, 5.41) is 0. The number of pyridine rings is 1.